The van der Waals surface area contributed by atoms with E-state index in [2.05, 4.69) is 15.6 Å². The second-order valence-electron chi connectivity index (χ2n) is 4.09. The summed E-state index contributed by atoms with van der Waals surface area (Å²) in [6, 6.07) is 9.69. The highest BCUT2D eigenvalue weighted by atomic mass is 16.1. The third-order valence-electron chi connectivity index (χ3n) is 2.74. The van der Waals surface area contributed by atoms with Gasteiger partial charge >= 0.3 is 0 Å². The van der Waals surface area contributed by atoms with Crippen LogP contribution in [-0.4, -0.2) is 35.1 Å². The quantitative estimate of drug-likeness (QED) is 0.766. The normalized spacial score (nSPS) is 10.4. The van der Waals surface area contributed by atoms with E-state index < -0.39 is 0 Å². The van der Waals surface area contributed by atoms with Gasteiger partial charge in [-0.3, -0.25) is 9.36 Å². The average Bonchev–Trinajstić information content (AvgIpc) is 2.94. The highest BCUT2D eigenvalue weighted by Gasteiger charge is 2.11. The minimum absolute atomic E-state index is 0.112. The Labute approximate surface area is 112 Å². The standard InChI is InChI=1S/C14H18N4O/c1-2-15-8-9-17-14(19)13-10-16-11-18(13)12-6-4-3-5-7-12/h3-7,10-11,15H,2,8-9H2,1H3,(H,17,19). The number of likely N-dealkylation sites (N-methyl/N-ethyl adjacent to an activating group) is 1. The summed E-state index contributed by atoms with van der Waals surface area (Å²) in [6.45, 7) is 4.30. The van der Waals surface area contributed by atoms with Gasteiger partial charge in [-0.15, -0.1) is 0 Å². The van der Waals surface area contributed by atoms with Crippen LogP contribution in [0.2, 0.25) is 0 Å². The van der Waals surface area contributed by atoms with Gasteiger partial charge in [0.15, 0.2) is 0 Å². The van der Waals surface area contributed by atoms with Crippen molar-refractivity contribution in [1.29, 1.82) is 0 Å². The molecule has 1 aromatic carbocycles. The minimum atomic E-state index is -0.112. The van der Waals surface area contributed by atoms with E-state index in [1.165, 1.54) is 0 Å². The molecule has 0 atom stereocenters. The predicted molar refractivity (Wildman–Crippen MR) is 74.4 cm³/mol. The van der Waals surface area contributed by atoms with Crippen LogP contribution in [0.5, 0.6) is 0 Å². The molecule has 1 aromatic heterocycles. The van der Waals surface area contributed by atoms with Crippen molar-refractivity contribution in [3.05, 3.63) is 48.5 Å². The van der Waals surface area contributed by atoms with E-state index >= 15 is 0 Å². The van der Waals surface area contributed by atoms with Crippen molar-refractivity contribution < 1.29 is 4.79 Å². The van der Waals surface area contributed by atoms with Gasteiger partial charge in [0.25, 0.3) is 5.91 Å². The molecule has 5 heteroatoms. The highest BCUT2D eigenvalue weighted by molar-refractivity contribution is 5.92. The zero-order valence-electron chi connectivity index (χ0n) is 11.0. The van der Waals surface area contributed by atoms with Gasteiger partial charge in [0.05, 0.1) is 12.5 Å². The van der Waals surface area contributed by atoms with Crippen LogP contribution in [0, 0.1) is 0 Å². The van der Waals surface area contributed by atoms with Crippen LogP contribution in [0.25, 0.3) is 5.69 Å². The van der Waals surface area contributed by atoms with E-state index in [0.717, 1.165) is 18.8 Å². The van der Waals surface area contributed by atoms with Gasteiger partial charge in [-0.1, -0.05) is 25.1 Å². The summed E-state index contributed by atoms with van der Waals surface area (Å²) >= 11 is 0. The zero-order chi connectivity index (χ0) is 13.5. The van der Waals surface area contributed by atoms with Gasteiger partial charge in [0.2, 0.25) is 0 Å². The number of benzene rings is 1. The first-order chi connectivity index (χ1) is 9.33. The second kappa shape index (κ2) is 6.70. The maximum Gasteiger partial charge on any atom is 0.269 e. The fourth-order valence-corrected chi connectivity index (χ4v) is 1.79. The van der Waals surface area contributed by atoms with Gasteiger partial charge in [0.1, 0.15) is 5.69 Å². The first-order valence-electron chi connectivity index (χ1n) is 6.39. The molecule has 1 amide bonds. The minimum Gasteiger partial charge on any atom is -0.349 e. The maximum absolute atomic E-state index is 12.1. The first kappa shape index (κ1) is 13.3. The molecule has 0 unspecified atom stereocenters. The number of aromatic nitrogens is 2. The fraction of sp³-hybridized carbons (Fsp3) is 0.286. The number of rotatable bonds is 6. The molecule has 0 bridgehead atoms. The van der Waals surface area contributed by atoms with Gasteiger partial charge in [-0.2, -0.15) is 0 Å². The van der Waals surface area contributed by atoms with Crippen LogP contribution in [-0.2, 0) is 0 Å². The lowest BCUT2D eigenvalue weighted by molar-refractivity contribution is 0.0947. The number of carbonyl (C=O) groups is 1. The molecular weight excluding hydrogens is 240 g/mol. The van der Waals surface area contributed by atoms with Gasteiger partial charge < -0.3 is 10.6 Å². The number of imidazole rings is 1. The summed E-state index contributed by atoms with van der Waals surface area (Å²) in [4.78, 5) is 16.1. The number of para-hydroxylation sites is 1. The van der Waals surface area contributed by atoms with E-state index in [1.54, 1.807) is 17.1 Å². The van der Waals surface area contributed by atoms with E-state index in [0.29, 0.717) is 12.2 Å². The molecule has 0 fully saturated rings. The monoisotopic (exact) mass is 258 g/mol. The fourth-order valence-electron chi connectivity index (χ4n) is 1.79. The number of hydrogen-bond acceptors (Lipinski definition) is 3. The molecule has 100 valence electrons. The Bertz CT molecular complexity index is 521. The number of nitrogens with one attached hydrogen (secondary N) is 2. The van der Waals surface area contributed by atoms with E-state index in [1.807, 2.05) is 37.3 Å². The summed E-state index contributed by atoms with van der Waals surface area (Å²) in [6.07, 6.45) is 3.23. The lowest BCUT2D eigenvalue weighted by Gasteiger charge is -2.08. The largest absolute Gasteiger partial charge is 0.349 e. The number of hydrogen-bond donors (Lipinski definition) is 2. The Morgan fingerprint density at radius 2 is 2.05 bits per heavy atom. The van der Waals surface area contributed by atoms with Crippen LogP contribution < -0.4 is 10.6 Å². The molecule has 2 aromatic rings. The lowest BCUT2D eigenvalue weighted by atomic mass is 10.3. The molecule has 0 saturated carbocycles. The van der Waals surface area contributed by atoms with Crippen molar-refractivity contribution in [3.8, 4) is 5.69 Å². The number of carbonyl (C=O) groups excluding carboxylic acids is 1. The van der Waals surface area contributed by atoms with Crippen molar-refractivity contribution in [1.82, 2.24) is 20.2 Å². The van der Waals surface area contributed by atoms with Gasteiger partial charge in [-0.05, 0) is 18.7 Å². The topological polar surface area (TPSA) is 58.9 Å². The Morgan fingerprint density at radius 3 is 2.79 bits per heavy atom. The highest BCUT2D eigenvalue weighted by Crippen LogP contribution is 2.10. The molecule has 1 heterocycles. The van der Waals surface area contributed by atoms with Crippen LogP contribution in [0.4, 0.5) is 0 Å². The molecule has 0 saturated heterocycles. The van der Waals surface area contributed by atoms with Crippen LogP contribution in [0.1, 0.15) is 17.4 Å². The average molecular weight is 258 g/mol. The third-order valence-corrected chi connectivity index (χ3v) is 2.74. The lowest BCUT2D eigenvalue weighted by Crippen LogP contribution is -2.32. The Kier molecular flexibility index (Phi) is 4.69. The molecule has 0 aliphatic heterocycles. The Morgan fingerprint density at radius 1 is 1.26 bits per heavy atom. The Balaban J connectivity index is 2.05. The predicted octanol–water partition coefficient (Wildman–Crippen LogP) is 1.21. The molecule has 2 N–H and O–H groups in total. The number of amides is 1. The van der Waals surface area contributed by atoms with Crippen molar-refractivity contribution in [2.24, 2.45) is 0 Å². The molecule has 19 heavy (non-hydrogen) atoms. The van der Waals surface area contributed by atoms with E-state index in [9.17, 15) is 4.79 Å². The van der Waals surface area contributed by atoms with Crippen molar-refractivity contribution in [3.63, 3.8) is 0 Å². The molecule has 0 radical (unpaired) electrons. The van der Waals surface area contributed by atoms with E-state index in [-0.39, 0.29) is 5.91 Å². The first-order valence-corrected chi connectivity index (χ1v) is 6.39. The van der Waals surface area contributed by atoms with Crippen molar-refractivity contribution in [2.45, 2.75) is 6.92 Å². The smallest absolute Gasteiger partial charge is 0.269 e. The summed E-state index contributed by atoms with van der Waals surface area (Å²) in [5, 5.41) is 6.03. The van der Waals surface area contributed by atoms with Crippen molar-refractivity contribution in [2.75, 3.05) is 19.6 Å². The second-order valence-corrected chi connectivity index (χ2v) is 4.09. The maximum atomic E-state index is 12.1. The Hall–Kier alpha value is -2.14. The number of nitrogens with zero attached hydrogens (tertiary/aromatic N) is 2. The molecule has 5 nitrogen and oxygen atoms in total. The molecule has 0 spiro atoms. The molecule has 0 aliphatic rings. The summed E-state index contributed by atoms with van der Waals surface area (Å²) in [5.74, 6) is -0.112. The van der Waals surface area contributed by atoms with E-state index in [4.69, 9.17) is 0 Å². The summed E-state index contributed by atoms with van der Waals surface area (Å²) in [7, 11) is 0. The van der Waals surface area contributed by atoms with Gasteiger partial charge in [-0.25, -0.2) is 4.98 Å². The van der Waals surface area contributed by atoms with Crippen molar-refractivity contribution >= 4 is 5.91 Å². The molecule has 0 aliphatic carbocycles. The zero-order valence-corrected chi connectivity index (χ0v) is 11.0. The summed E-state index contributed by atoms with van der Waals surface area (Å²) in [5.41, 5.74) is 1.47. The van der Waals surface area contributed by atoms with Crippen LogP contribution in [0.15, 0.2) is 42.9 Å². The molecule has 2 rings (SSSR count). The SMILES string of the molecule is CCNCCNC(=O)c1cncn1-c1ccccc1. The van der Waals surface area contributed by atoms with Crippen LogP contribution in [0.3, 0.4) is 0 Å². The van der Waals surface area contributed by atoms with Gasteiger partial charge in [0, 0.05) is 18.8 Å². The summed E-state index contributed by atoms with van der Waals surface area (Å²) < 4.78 is 1.78. The third kappa shape index (κ3) is 3.42. The van der Waals surface area contributed by atoms with Crippen LogP contribution >= 0.6 is 0 Å². The molecular formula is C14H18N4O.